The van der Waals surface area contributed by atoms with Crippen LogP contribution in [0.5, 0.6) is 0 Å². The molecule has 11 heavy (non-hydrogen) atoms. The van der Waals surface area contributed by atoms with Crippen molar-refractivity contribution in [1.82, 2.24) is 0 Å². The predicted octanol–water partition coefficient (Wildman–Crippen LogP) is 2.75. The molecule has 1 aromatic carbocycles. The molecule has 0 heterocycles. The second kappa shape index (κ2) is 4.50. The largest absolute Gasteiger partial charge is 0.213 e. The van der Waals surface area contributed by atoms with E-state index in [2.05, 4.69) is 43.4 Å². The van der Waals surface area contributed by atoms with Crippen LogP contribution in [0.4, 0.5) is 0 Å². The monoisotopic (exact) mass is 164 g/mol. The smallest absolute Gasteiger partial charge is 0.210 e. The molecule has 0 fully saturated rings. The first-order valence-corrected chi connectivity index (χ1v) is 5.18. The molecule has 1 rings (SSSR count). The van der Waals surface area contributed by atoms with Crippen LogP contribution >= 0.6 is 11.6 Å². The molecule has 0 nitrogen and oxygen atoms in total. The third kappa shape index (κ3) is 3.02. The Morgan fingerprint density at radius 3 is 2.45 bits per heavy atom. The Morgan fingerprint density at radius 2 is 1.91 bits per heavy atom. The Bertz CT molecular complexity index is 198. The van der Waals surface area contributed by atoms with Crippen LogP contribution in [0.25, 0.3) is 0 Å². The Hall–Kier alpha value is -0.365. The summed E-state index contributed by atoms with van der Waals surface area (Å²) in [6.07, 6.45) is 3.34. The zero-order valence-corrected chi connectivity index (χ0v) is 7.90. The summed E-state index contributed by atoms with van der Waals surface area (Å²) in [6, 6.07) is 10.6. The predicted molar refractivity (Wildman–Crippen MR) is 55.3 cm³/mol. The normalized spacial score (nSPS) is 9.64. The molecular formula is C9H13BS. The molecule has 2 heteroatoms. The van der Waals surface area contributed by atoms with Crippen molar-refractivity contribution in [3.05, 3.63) is 35.9 Å². The fourth-order valence-corrected chi connectivity index (χ4v) is 1.39. The lowest BCUT2D eigenvalue weighted by molar-refractivity contribution is 1.38. The molecule has 0 saturated carbocycles. The van der Waals surface area contributed by atoms with Gasteiger partial charge in [0.15, 0.2) is 0 Å². The van der Waals surface area contributed by atoms with E-state index in [-0.39, 0.29) is 0 Å². The van der Waals surface area contributed by atoms with Gasteiger partial charge in [-0.1, -0.05) is 42.7 Å². The van der Waals surface area contributed by atoms with E-state index in [0.717, 1.165) is 5.99 Å². The van der Waals surface area contributed by atoms with Crippen molar-refractivity contribution < 1.29 is 0 Å². The molecule has 0 unspecified atom stereocenters. The van der Waals surface area contributed by atoms with Crippen molar-refractivity contribution in [1.29, 1.82) is 0 Å². The van der Waals surface area contributed by atoms with Crippen LogP contribution in [0.15, 0.2) is 30.3 Å². The summed E-state index contributed by atoms with van der Waals surface area (Å²) in [6.45, 7) is 2.26. The van der Waals surface area contributed by atoms with Crippen molar-refractivity contribution >= 4 is 17.6 Å². The molecule has 0 aliphatic heterocycles. The van der Waals surface area contributed by atoms with Gasteiger partial charge < -0.3 is 0 Å². The molecule has 0 bridgehead atoms. The van der Waals surface area contributed by atoms with Crippen LogP contribution < -0.4 is 0 Å². The summed E-state index contributed by atoms with van der Waals surface area (Å²) in [5, 5.41) is 0. The Labute approximate surface area is 73.4 Å². The van der Waals surface area contributed by atoms with Gasteiger partial charge in [0.25, 0.3) is 0 Å². The first-order chi connectivity index (χ1) is 5.33. The number of benzene rings is 1. The fraction of sp³-hybridized carbons (Fsp3) is 0.333. The van der Waals surface area contributed by atoms with Gasteiger partial charge in [0.2, 0.25) is 5.99 Å². The van der Waals surface area contributed by atoms with Gasteiger partial charge in [-0.15, -0.1) is 0 Å². The fourth-order valence-electron chi connectivity index (χ4n) is 1.03. The van der Waals surface area contributed by atoms with E-state index in [0.29, 0.717) is 0 Å². The third-order valence-corrected chi connectivity index (χ3v) is 2.74. The second-order valence-electron chi connectivity index (χ2n) is 2.74. The van der Waals surface area contributed by atoms with E-state index in [1.807, 2.05) is 11.6 Å². The lowest BCUT2D eigenvalue weighted by Crippen LogP contribution is -2.05. The Morgan fingerprint density at radius 1 is 1.27 bits per heavy atom. The minimum Gasteiger partial charge on any atom is -0.213 e. The molecular weight excluding hydrogens is 151 g/mol. The summed E-state index contributed by atoms with van der Waals surface area (Å²) < 4.78 is 0. The van der Waals surface area contributed by atoms with Crippen molar-refractivity contribution in [3.8, 4) is 0 Å². The lowest BCUT2D eigenvalue weighted by Gasteiger charge is -2.03. The first-order valence-electron chi connectivity index (χ1n) is 3.89. The molecule has 0 aliphatic carbocycles. The highest BCUT2D eigenvalue weighted by Gasteiger charge is 2.04. The van der Waals surface area contributed by atoms with Crippen molar-refractivity contribution in [3.63, 3.8) is 0 Å². The summed E-state index contributed by atoms with van der Waals surface area (Å²) in [4.78, 5) is 0. The molecule has 0 saturated heterocycles. The van der Waals surface area contributed by atoms with Gasteiger partial charge in [0.05, 0.1) is 0 Å². The van der Waals surface area contributed by atoms with E-state index >= 15 is 0 Å². The Kier molecular flexibility index (Phi) is 3.57. The molecule has 0 N–H and O–H groups in total. The maximum atomic E-state index is 2.26. The lowest BCUT2D eigenvalue weighted by atomic mass is 9.73. The highest BCUT2D eigenvalue weighted by atomic mass is 32.2. The topological polar surface area (TPSA) is 0 Å². The van der Waals surface area contributed by atoms with Crippen LogP contribution in [-0.4, -0.2) is 12.2 Å². The van der Waals surface area contributed by atoms with Crippen LogP contribution in [-0.2, 0) is 6.32 Å². The van der Waals surface area contributed by atoms with Gasteiger partial charge in [-0.3, -0.25) is 0 Å². The van der Waals surface area contributed by atoms with Crippen LogP contribution in [0, 0.1) is 0 Å². The molecule has 0 aromatic heterocycles. The maximum Gasteiger partial charge on any atom is 0.210 e. The minimum absolute atomic E-state index is 0.734. The zero-order valence-electron chi connectivity index (χ0n) is 7.08. The highest BCUT2D eigenvalue weighted by molar-refractivity contribution is 8.24. The average Bonchev–Trinajstić information content (AvgIpc) is 2.06. The molecule has 0 aliphatic rings. The minimum atomic E-state index is 0.734. The van der Waals surface area contributed by atoms with Gasteiger partial charge in [-0.25, -0.2) is 11.6 Å². The molecule has 0 atom stereocenters. The van der Waals surface area contributed by atoms with Crippen LogP contribution in [0.2, 0.25) is 6.82 Å². The maximum absolute atomic E-state index is 2.26. The molecule has 0 radical (unpaired) electrons. The van der Waals surface area contributed by atoms with Gasteiger partial charge in [-0.05, 0) is 12.6 Å². The molecule has 0 amide bonds. The standard InChI is InChI=1S/C9H13BS/c1-10(11-2)8-9-6-4-3-5-7-9/h3-7H,8H2,1-2H3. The van der Waals surface area contributed by atoms with Crippen LogP contribution in [0.3, 0.4) is 0 Å². The SMILES string of the molecule is CSB(C)Cc1ccccc1. The van der Waals surface area contributed by atoms with E-state index in [4.69, 9.17) is 0 Å². The van der Waals surface area contributed by atoms with Crippen molar-refractivity contribution in [2.24, 2.45) is 0 Å². The summed E-state index contributed by atoms with van der Waals surface area (Å²) in [5.41, 5.74) is 1.44. The van der Waals surface area contributed by atoms with Crippen LogP contribution in [0.1, 0.15) is 5.56 Å². The average molecular weight is 164 g/mol. The second-order valence-corrected chi connectivity index (χ2v) is 4.01. The van der Waals surface area contributed by atoms with Crippen molar-refractivity contribution in [2.45, 2.75) is 13.1 Å². The van der Waals surface area contributed by atoms with Gasteiger partial charge in [0, 0.05) is 0 Å². The zero-order chi connectivity index (χ0) is 8.10. The molecule has 58 valence electrons. The van der Waals surface area contributed by atoms with E-state index in [1.165, 1.54) is 11.9 Å². The number of hydrogen-bond donors (Lipinski definition) is 0. The molecule has 0 spiro atoms. The highest BCUT2D eigenvalue weighted by Crippen LogP contribution is 2.08. The van der Waals surface area contributed by atoms with E-state index in [1.54, 1.807) is 0 Å². The summed E-state index contributed by atoms with van der Waals surface area (Å²) in [5.74, 6) is 0.734. The third-order valence-electron chi connectivity index (χ3n) is 1.77. The quantitative estimate of drug-likeness (QED) is 0.619. The van der Waals surface area contributed by atoms with Gasteiger partial charge in [0.1, 0.15) is 0 Å². The van der Waals surface area contributed by atoms with E-state index < -0.39 is 0 Å². The van der Waals surface area contributed by atoms with E-state index in [9.17, 15) is 0 Å². The number of hydrogen-bond acceptors (Lipinski definition) is 1. The van der Waals surface area contributed by atoms with Gasteiger partial charge in [-0.2, -0.15) is 0 Å². The summed E-state index contributed by atoms with van der Waals surface area (Å²) >= 11 is 1.92. The van der Waals surface area contributed by atoms with Gasteiger partial charge >= 0.3 is 0 Å². The molecule has 1 aromatic rings. The number of rotatable bonds is 3. The first kappa shape index (κ1) is 8.73. The summed E-state index contributed by atoms with van der Waals surface area (Å²) in [7, 11) is 0. The van der Waals surface area contributed by atoms with Crippen molar-refractivity contribution in [2.75, 3.05) is 6.26 Å². The Balaban J connectivity index is 2.51.